The Bertz CT molecular complexity index is 316. The van der Waals surface area contributed by atoms with Crippen molar-refractivity contribution in [1.82, 2.24) is 15.1 Å². The highest BCUT2D eigenvalue weighted by Crippen LogP contribution is 2.15. The lowest BCUT2D eigenvalue weighted by atomic mass is 10.0. The van der Waals surface area contributed by atoms with E-state index in [1.54, 1.807) is 7.05 Å². The third-order valence-electron chi connectivity index (χ3n) is 3.70. The minimum atomic E-state index is -0.974. The van der Waals surface area contributed by atoms with E-state index < -0.39 is 12.0 Å². The molecule has 1 aliphatic heterocycles. The van der Waals surface area contributed by atoms with Crippen LogP contribution in [0.2, 0.25) is 0 Å². The topological polar surface area (TPSA) is 72.9 Å². The van der Waals surface area contributed by atoms with E-state index in [9.17, 15) is 9.59 Å². The van der Waals surface area contributed by atoms with Crippen molar-refractivity contribution in [3.8, 4) is 0 Å². The van der Waals surface area contributed by atoms with E-state index in [0.717, 1.165) is 32.4 Å². The highest BCUT2D eigenvalue weighted by Gasteiger charge is 2.30. The van der Waals surface area contributed by atoms with Gasteiger partial charge in [0.05, 0.1) is 0 Å². The van der Waals surface area contributed by atoms with Crippen molar-refractivity contribution >= 4 is 12.0 Å². The normalized spacial score (nSPS) is 17.8. The van der Waals surface area contributed by atoms with Crippen LogP contribution in [-0.4, -0.2) is 65.7 Å². The first-order valence-electron chi connectivity index (χ1n) is 6.96. The van der Waals surface area contributed by atoms with E-state index in [4.69, 9.17) is 5.11 Å². The number of carboxylic acids is 1. The number of urea groups is 1. The van der Waals surface area contributed by atoms with Crippen molar-refractivity contribution in [2.75, 3.05) is 26.7 Å². The number of likely N-dealkylation sites (N-methyl/N-ethyl adjacent to an activating group) is 1. The zero-order valence-corrected chi connectivity index (χ0v) is 12.1. The minimum Gasteiger partial charge on any atom is -0.480 e. The molecular weight excluding hydrogens is 246 g/mol. The second-order valence-corrected chi connectivity index (χ2v) is 5.08. The van der Waals surface area contributed by atoms with E-state index in [1.807, 2.05) is 11.8 Å². The quantitative estimate of drug-likeness (QED) is 0.781. The lowest BCUT2D eigenvalue weighted by Gasteiger charge is -2.37. The summed E-state index contributed by atoms with van der Waals surface area (Å²) in [7, 11) is 1.56. The molecule has 1 fully saturated rings. The molecule has 1 rings (SSSR count). The van der Waals surface area contributed by atoms with Crippen molar-refractivity contribution in [3.05, 3.63) is 0 Å². The fourth-order valence-electron chi connectivity index (χ4n) is 2.33. The van der Waals surface area contributed by atoms with Gasteiger partial charge in [-0.3, -0.25) is 0 Å². The first-order valence-corrected chi connectivity index (χ1v) is 6.96. The first kappa shape index (κ1) is 15.8. The fraction of sp³-hybridized carbons (Fsp3) is 0.846. The van der Waals surface area contributed by atoms with Gasteiger partial charge < -0.3 is 20.2 Å². The molecule has 1 heterocycles. The number of piperidine rings is 1. The monoisotopic (exact) mass is 271 g/mol. The number of aliphatic carboxylic acids is 1. The smallest absolute Gasteiger partial charge is 0.326 e. The van der Waals surface area contributed by atoms with E-state index >= 15 is 0 Å². The molecule has 0 saturated carbocycles. The Morgan fingerprint density at radius 2 is 1.95 bits per heavy atom. The number of carboxylic acid groups (broad SMARTS) is 1. The molecule has 0 spiro atoms. The van der Waals surface area contributed by atoms with Gasteiger partial charge in [0.2, 0.25) is 0 Å². The fourth-order valence-corrected chi connectivity index (χ4v) is 2.33. The number of carbonyl (C=O) groups is 2. The number of nitrogens with zero attached hydrogens (tertiary/aromatic N) is 2. The summed E-state index contributed by atoms with van der Waals surface area (Å²) in [5.41, 5.74) is 0. The maximum Gasteiger partial charge on any atom is 0.326 e. The molecule has 0 aromatic rings. The summed E-state index contributed by atoms with van der Waals surface area (Å²) in [6, 6.07) is -0.755. The van der Waals surface area contributed by atoms with Crippen LogP contribution in [0.1, 0.15) is 33.1 Å². The molecule has 19 heavy (non-hydrogen) atoms. The number of amides is 2. The van der Waals surface area contributed by atoms with Crippen molar-refractivity contribution in [2.45, 2.75) is 45.2 Å². The maximum atomic E-state index is 12.4. The molecule has 1 aliphatic rings. The average molecular weight is 271 g/mol. The number of hydrogen-bond donors (Lipinski definition) is 2. The van der Waals surface area contributed by atoms with Crippen LogP contribution < -0.4 is 5.32 Å². The van der Waals surface area contributed by atoms with Crippen LogP contribution >= 0.6 is 0 Å². The van der Waals surface area contributed by atoms with Gasteiger partial charge in [0.25, 0.3) is 0 Å². The molecule has 110 valence electrons. The number of nitrogens with one attached hydrogen (secondary N) is 1. The van der Waals surface area contributed by atoms with Gasteiger partial charge in [-0.2, -0.15) is 0 Å². The minimum absolute atomic E-state index is 0.177. The molecule has 0 aliphatic carbocycles. The Labute approximate surface area is 114 Å². The molecule has 1 unspecified atom stereocenters. The summed E-state index contributed by atoms with van der Waals surface area (Å²) >= 11 is 0. The first-order chi connectivity index (χ1) is 8.99. The highest BCUT2D eigenvalue weighted by molar-refractivity contribution is 5.82. The van der Waals surface area contributed by atoms with Gasteiger partial charge >= 0.3 is 12.0 Å². The Morgan fingerprint density at radius 3 is 2.42 bits per heavy atom. The van der Waals surface area contributed by atoms with Crippen LogP contribution in [-0.2, 0) is 4.79 Å². The van der Waals surface area contributed by atoms with Crippen molar-refractivity contribution in [2.24, 2.45) is 0 Å². The predicted octanol–water partition coefficient (Wildman–Crippen LogP) is 0.975. The van der Waals surface area contributed by atoms with E-state index in [2.05, 4.69) is 5.32 Å². The van der Waals surface area contributed by atoms with Gasteiger partial charge in [-0.05, 0) is 39.3 Å². The zero-order chi connectivity index (χ0) is 14.4. The molecule has 6 nitrogen and oxygen atoms in total. The molecule has 6 heteroatoms. The number of hydrogen-bond acceptors (Lipinski definition) is 3. The van der Waals surface area contributed by atoms with Gasteiger partial charge in [0.1, 0.15) is 6.04 Å². The largest absolute Gasteiger partial charge is 0.480 e. The van der Waals surface area contributed by atoms with Gasteiger partial charge in [-0.25, -0.2) is 9.59 Å². The standard InChI is InChI=1S/C13H25N3O3/c1-4-9-16(11-5-7-14-8-6-11)13(19)15(3)10(2)12(17)18/h10-11,14H,4-9H2,1-3H3,(H,17,18). The van der Waals surface area contributed by atoms with E-state index in [-0.39, 0.29) is 12.1 Å². The Kier molecular flexibility index (Phi) is 6.08. The molecule has 0 bridgehead atoms. The predicted molar refractivity (Wildman–Crippen MR) is 73.1 cm³/mol. The van der Waals surface area contributed by atoms with Crippen LogP contribution in [0.25, 0.3) is 0 Å². The summed E-state index contributed by atoms with van der Waals surface area (Å²) in [5.74, 6) is -0.974. The molecule has 0 aromatic carbocycles. The van der Waals surface area contributed by atoms with Crippen LogP contribution in [0.3, 0.4) is 0 Å². The number of carbonyl (C=O) groups excluding carboxylic acids is 1. The summed E-state index contributed by atoms with van der Waals surface area (Å²) in [6.07, 6.45) is 2.74. The lowest BCUT2D eigenvalue weighted by molar-refractivity contribution is -0.141. The van der Waals surface area contributed by atoms with Crippen molar-refractivity contribution in [3.63, 3.8) is 0 Å². The summed E-state index contributed by atoms with van der Waals surface area (Å²) < 4.78 is 0. The SMILES string of the molecule is CCCN(C(=O)N(C)C(C)C(=O)O)C1CCNCC1. The third kappa shape index (κ3) is 4.09. The average Bonchev–Trinajstić information content (AvgIpc) is 2.43. The molecule has 2 N–H and O–H groups in total. The van der Waals surface area contributed by atoms with Crippen LogP contribution in [0.15, 0.2) is 0 Å². The molecule has 1 saturated heterocycles. The van der Waals surface area contributed by atoms with Gasteiger partial charge in [-0.1, -0.05) is 6.92 Å². The summed E-state index contributed by atoms with van der Waals surface area (Å²) in [4.78, 5) is 26.6. The zero-order valence-electron chi connectivity index (χ0n) is 12.1. The van der Waals surface area contributed by atoms with Gasteiger partial charge in [0, 0.05) is 19.6 Å². The van der Waals surface area contributed by atoms with E-state index in [1.165, 1.54) is 11.8 Å². The third-order valence-corrected chi connectivity index (χ3v) is 3.70. The van der Waals surface area contributed by atoms with Crippen LogP contribution in [0.4, 0.5) is 4.79 Å². The highest BCUT2D eigenvalue weighted by atomic mass is 16.4. The summed E-state index contributed by atoms with van der Waals surface area (Å²) in [5, 5.41) is 12.3. The lowest BCUT2D eigenvalue weighted by Crippen LogP contribution is -2.53. The van der Waals surface area contributed by atoms with Crippen molar-refractivity contribution < 1.29 is 14.7 Å². The maximum absolute atomic E-state index is 12.4. The molecule has 2 amide bonds. The van der Waals surface area contributed by atoms with Crippen LogP contribution in [0.5, 0.6) is 0 Å². The molecular formula is C13H25N3O3. The Balaban J connectivity index is 2.73. The summed E-state index contributed by atoms with van der Waals surface area (Å²) in [6.45, 7) is 6.07. The Hall–Kier alpha value is -1.30. The van der Waals surface area contributed by atoms with Crippen molar-refractivity contribution in [1.29, 1.82) is 0 Å². The molecule has 0 aromatic heterocycles. The van der Waals surface area contributed by atoms with Gasteiger partial charge in [-0.15, -0.1) is 0 Å². The second kappa shape index (κ2) is 7.33. The van der Waals surface area contributed by atoms with Crippen LogP contribution in [0, 0.1) is 0 Å². The Morgan fingerprint density at radius 1 is 1.37 bits per heavy atom. The van der Waals surface area contributed by atoms with E-state index in [0.29, 0.717) is 6.54 Å². The van der Waals surface area contributed by atoms with Gasteiger partial charge in [0.15, 0.2) is 0 Å². The molecule has 0 radical (unpaired) electrons. The second-order valence-electron chi connectivity index (χ2n) is 5.08. The number of rotatable bonds is 5. The molecule has 1 atom stereocenters.